The number of alkyl carbamates (subject to hydrolysis) is 1. The lowest BCUT2D eigenvalue weighted by molar-refractivity contribution is -0.153. The largest absolute Gasteiger partial charge is 0.448 e. The molecule has 1 saturated carbocycles. The highest BCUT2D eigenvalue weighted by atomic mass is 32.2. The fourth-order valence-corrected chi connectivity index (χ4v) is 6.94. The summed E-state index contributed by atoms with van der Waals surface area (Å²) in [6.07, 6.45) is 2.98. The lowest BCUT2D eigenvalue weighted by atomic mass is 10.00. The number of ether oxygens (including phenoxy) is 2. The second-order valence-electron chi connectivity index (χ2n) is 12.2. The summed E-state index contributed by atoms with van der Waals surface area (Å²) in [5.41, 5.74) is 2.15. The summed E-state index contributed by atoms with van der Waals surface area (Å²) >= 11 is 1.43. The van der Waals surface area contributed by atoms with Gasteiger partial charge in [-0.05, 0) is 62.8 Å². The predicted octanol–water partition coefficient (Wildman–Crippen LogP) is 4.70. The number of esters is 1. The van der Waals surface area contributed by atoms with Crippen LogP contribution in [0.15, 0.2) is 83.6 Å². The quantitative estimate of drug-likeness (QED) is 0.279. The Labute approximate surface area is 255 Å². The maximum atomic E-state index is 14.1. The van der Waals surface area contributed by atoms with Gasteiger partial charge in [-0.3, -0.25) is 14.5 Å². The van der Waals surface area contributed by atoms with Crippen molar-refractivity contribution in [3.63, 3.8) is 0 Å². The van der Waals surface area contributed by atoms with Gasteiger partial charge in [0, 0.05) is 23.9 Å². The van der Waals surface area contributed by atoms with Crippen molar-refractivity contribution in [3.8, 4) is 0 Å². The van der Waals surface area contributed by atoms with Crippen molar-refractivity contribution in [1.29, 1.82) is 0 Å². The summed E-state index contributed by atoms with van der Waals surface area (Å²) < 4.78 is 11.6. The lowest BCUT2D eigenvalue weighted by Gasteiger charge is -2.49. The van der Waals surface area contributed by atoms with Gasteiger partial charge in [-0.1, -0.05) is 60.7 Å². The number of fused-ring (bicyclic) bond motifs is 1. The van der Waals surface area contributed by atoms with Crippen molar-refractivity contribution in [2.75, 3.05) is 12.3 Å². The molecular formula is C33H35N3O6S. The Balaban J connectivity index is 1.33. The van der Waals surface area contributed by atoms with E-state index in [1.165, 1.54) is 16.7 Å². The first-order valence-electron chi connectivity index (χ1n) is 14.6. The van der Waals surface area contributed by atoms with Crippen LogP contribution in [-0.4, -0.2) is 69.0 Å². The third-order valence-corrected chi connectivity index (χ3v) is 9.09. The molecule has 224 valence electrons. The van der Waals surface area contributed by atoms with Crippen LogP contribution in [0.4, 0.5) is 4.79 Å². The van der Waals surface area contributed by atoms with Crippen LogP contribution in [0, 0.1) is 0 Å². The molecule has 0 radical (unpaired) electrons. The molecule has 0 aromatic heterocycles. The molecule has 0 bridgehead atoms. The number of likely N-dealkylation sites (tertiary alicyclic amines) is 1. The zero-order chi connectivity index (χ0) is 30.3. The van der Waals surface area contributed by atoms with E-state index in [2.05, 4.69) is 5.32 Å². The second kappa shape index (κ2) is 11.6. The first kappa shape index (κ1) is 29.0. The lowest BCUT2D eigenvalue weighted by Crippen LogP contribution is -2.70. The van der Waals surface area contributed by atoms with Gasteiger partial charge in [-0.2, -0.15) is 0 Å². The highest BCUT2D eigenvalue weighted by Crippen LogP contribution is 2.43. The highest BCUT2D eigenvalue weighted by molar-refractivity contribution is 8.00. The van der Waals surface area contributed by atoms with Crippen LogP contribution in [0.5, 0.6) is 0 Å². The van der Waals surface area contributed by atoms with E-state index in [0.29, 0.717) is 35.9 Å². The molecule has 43 heavy (non-hydrogen) atoms. The number of nitrogens with zero attached hydrogens (tertiary/aromatic N) is 2. The van der Waals surface area contributed by atoms with E-state index in [-0.39, 0.29) is 11.6 Å². The molecule has 1 N–H and O–H groups in total. The molecule has 9 nitrogen and oxygen atoms in total. The highest BCUT2D eigenvalue weighted by Gasteiger charge is 2.55. The smallest absolute Gasteiger partial charge is 0.408 e. The number of amides is 3. The summed E-state index contributed by atoms with van der Waals surface area (Å²) in [6, 6.07) is 18.3. The predicted molar refractivity (Wildman–Crippen MR) is 162 cm³/mol. The van der Waals surface area contributed by atoms with Crippen LogP contribution in [0.1, 0.15) is 57.3 Å². The van der Waals surface area contributed by atoms with Gasteiger partial charge in [0.1, 0.15) is 22.7 Å². The summed E-state index contributed by atoms with van der Waals surface area (Å²) in [6.45, 7) is 5.90. The molecule has 2 aromatic rings. The Morgan fingerprint density at radius 2 is 1.63 bits per heavy atom. The van der Waals surface area contributed by atoms with Crippen LogP contribution in [-0.2, 0) is 23.9 Å². The summed E-state index contributed by atoms with van der Waals surface area (Å²) in [5.74, 6) is -0.740. The van der Waals surface area contributed by atoms with Gasteiger partial charge in [0.15, 0.2) is 6.10 Å². The van der Waals surface area contributed by atoms with Crippen LogP contribution in [0.25, 0.3) is 0 Å². The average molecular weight is 602 g/mol. The van der Waals surface area contributed by atoms with E-state index in [4.69, 9.17) is 9.47 Å². The second-order valence-corrected chi connectivity index (χ2v) is 13.3. The van der Waals surface area contributed by atoms with E-state index in [1.54, 1.807) is 26.8 Å². The van der Waals surface area contributed by atoms with E-state index in [9.17, 15) is 19.2 Å². The molecule has 10 heteroatoms. The van der Waals surface area contributed by atoms with Gasteiger partial charge in [0.05, 0.1) is 0 Å². The number of hydrogen-bond donors (Lipinski definition) is 1. The Kier molecular flexibility index (Phi) is 7.81. The third-order valence-electron chi connectivity index (χ3n) is 7.79. The molecule has 3 aliphatic heterocycles. The summed E-state index contributed by atoms with van der Waals surface area (Å²) in [4.78, 5) is 56.7. The van der Waals surface area contributed by atoms with Crippen molar-refractivity contribution < 1.29 is 28.7 Å². The van der Waals surface area contributed by atoms with Crippen molar-refractivity contribution in [2.24, 2.45) is 0 Å². The van der Waals surface area contributed by atoms with Crippen molar-refractivity contribution in [2.45, 2.75) is 69.2 Å². The van der Waals surface area contributed by atoms with Crippen LogP contribution < -0.4 is 5.32 Å². The van der Waals surface area contributed by atoms with Gasteiger partial charge < -0.3 is 19.7 Å². The minimum Gasteiger partial charge on any atom is -0.448 e. The number of β-lactam (4-membered cyclic amide) rings is 1. The van der Waals surface area contributed by atoms with E-state index >= 15 is 0 Å². The van der Waals surface area contributed by atoms with Crippen LogP contribution in [0.2, 0.25) is 0 Å². The molecule has 4 aliphatic rings. The number of hydrogen-bond acceptors (Lipinski definition) is 7. The summed E-state index contributed by atoms with van der Waals surface area (Å²) in [7, 11) is 0. The van der Waals surface area contributed by atoms with Crippen molar-refractivity contribution >= 4 is 35.6 Å². The number of carbonyl (C=O) groups is 4. The molecule has 3 amide bonds. The number of thioether (sulfide) groups is 1. The number of benzene rings is 2. The van der Waals surface area contributed by atoms with E-state index in [1.807, 2.05) is 65.6 Å². The van der Waals surface area contributed by atoms with Gasteiger partial charge in [-0.15, -0.1) is 11.8 Å². The number of nitrogens with one attached hydrogen (secondary N) is 1. The molecule has 6 rings (SSSR count). The Morgan fingerprint density at radius 3 is 2.21 bits per heavy atom. The van der Waals surface area contributed by atoms with Gasteiger partial charge in [-0.25, -0.2) is 9.59 Å². The molecule has 1 aliphatic carbocycles. The Hall–Kier alpha value is -4.05. The molecule has 3 fully saturated rings. The summed E-state index contributed by atoms with van der Waals surface area (Å²) in [5, 5.41) is 2.16. The zero-order valence-electron chi connectivity index (χ0n) is 24.4. The molecular weight excluding hydrogens is 566 g/mol. The van der Waals surface area contributed by atoms with Crippen molar-refractivity contribution in [1.82, 2.24) is 15.1 Å². The monoisotopic (exact) mass is 601 g/mol. The van der Waals surface area contributed by atoms with Gasteiger partial charge >= 0.3 is 12.1 Å². The molecule has 2 saturated heterocycles. The maximum absolute atomic E-state index is 14.1. The number of rotatable bonds is 7. The molecule has 0 unspecified atom stereocenters. The first-order valence-corrected chi connectivity index (χ1v) is 15.7. The Bertz CT molecular complexity index is 1460. The third kappa shape index (κ3) is 6.06. The topological polar surface area (TPSA) is 105 Å². The van der Waals surface area contributed by atoms with Crippen LogP contribution in [0.3, 0.4) is 0 Å². The molecule has 3 heterocycles. The molecule has 0 spiro atoms. The standard InChI is InChI=1S/C33H35N3O6S/c1-33(2,3)42-32(40)34-25-29(38)36-26(23(19-43-30(25)36)18-22-16-17-35(28(22)37)24-14-15-24)31(39)41-27(20-10-6-4-7-11-20)21-12-8-5-9-13-21/h4-13,18,24-25,27,30H,14-17,19H2,1-3H3,(H,34,40)/t25-,30-/m1/s1. The molecule has 2 atom stereocenters. The fourth-order valence-electron chi connectivity index (χ4n) is 5.64. The Morgan fingerprint density at radius 1 is 1.00 bits per heavy atom. The van der Waals surface area contributed by atoms with E-state index < -0.39 is 41.1 Å². The number of allylic oxidation sites excluding steroid dienone is 1. The minimum atomic E-state index is -0.852. The number of carbonyl (C=O) groups excluding carboxylic acids is 4. The van der Waals surface area contributed by atoms with Gasteiger partial charge in [0.25, 0.3) is 5.91 Å². The molecule has 2 aromatic carbocycles. The van der Waals surface area contributed by atoms with E-state index in [0.717, 1.165) is 24.0 Å². The normalized spacial score (nSPS) is 22.9. The first-order chi connectivity index (χ1) is 20.6. The van der Waals surface area contributed by atoms with Crippen molar-refractivity contribution in [3.05, 3.63) is 94.7 Å². The minimum absolute atomic E-state index is 0.0132. The van der Waals surface area contributed by atoms with Gasteiger partial charge in [0.2, 0.25) is 5.91 Å². The SMILES string of the molecule is CC(C)(C)OC(=O)N[C@@H]1C(=O)N2C(C(=O)OC(c3ccccc3)c3ccccc3)=C(C=C3CCN(C4CC4)C3=O)CS[C@H]12. The maximum Gasteiger partial charge on any atom is 0.408 e. The zero-order valence-corrected chi connectivity index (χ0v) is 25.3. The van der Waals surface area contributed by atoms with Crippen LogP contribution >= 0.6 is 11.8 Å². The fraction of sp³-hybridized carbons (Fsp3) is 0.394. The average Bonchev–Trinajstić information content (AvgIpc) is 3.77.